The first-order valence-electron chi connectivity index (χ1n) is 12.9. The maximum Gasteiger partial charge on any atom is 0.410 e. The molecule has 2 atom stereocenters. The van der Waals surface area contributed by atoms with E-state index in [1.165, 1.54) is 22.3 Å². The molecule has 4 aromatic rings. The number of fused-ring (bicyclic) bond motifs is 6. The van der Waals surface area contributed by atoms with Crippen molar-refractivity contribution < 1.29 is 14.6 Å². The fourth-order valence-corrected chi connectivity index (χ4v) is 6.83. The number of carbonyl (C=O) groups excluding carboxylic acids is 1. The van der Waals surface area contributed by atoms with Crippen molar-refractivity contribution in [2.75, 3.05) is 6.61 Å². The Morgan fingerprint density at radius 3 is 2.33 bits per heavy atom. The molecule has 0 radical (unpaired) electrons. The van der Waals surface area contributed by atoms with Gasteiger partial charge in [0.25, 0.3) is 0 Å². The zero-order chi connectivity index (χ0) is 24.3. The fraction of sp³-hybridized carbons (Fsp3) is 0.333. The van der Waals surface area contributed by atoms with Crippen molar-refractivity contribution in [3.63, 3.8) is 0 Å². The molecule has 2 bridgehead atoms. The SMILES string of the molecule is O=C(OCC1c2ccccc2-c2ccccc21)N1C2CCCC1CC(O)(c1ccn3ccnc3c1)C2. The maximum absolute atomic E-state index is 13.5. The molecule has 182 valence electrons. The number of hydrogen-bond donors (Lipinski definition) is 1. The second-order valence-electron chi connectivity index (χ2n) is 10.5. The quantitative estimate of drug-likeness (QED) is 0.422. The number of ether oxygens (including phenoxy) is 1. The van der Waals surface area contributed by atoms with Gasteiger partial charge in [0.15, 0.2) is 0 Å². The van der Waals surface area contributed by atoms with Gasteiger partial charge in [-0.2, -0.15) is 0 Å². The van der Waals surface area contributed by atoms with Crippen LogP contribution in [0.4, 0.5) is 4.79 Å². The highest BCUT2D eigenvalue weighted by molar-refractivity contribution is 5.79. The molecule has 0 spiro atoms. The van der Waals surface area contributed by atoms with E-state index in [-0.39, 0.29) is 24.1 Å². The molecule has 1 amide bonds. The number of aliphatic hydroxyl groups is 1. The summed E-state index contributed by atoms with van der Waals surface area (Å²) in [5, 5.41) is 11.8. The van der Waals surface area contributed by atoms with Crippen LogP contribution in [-0.2, 0) is 10.3 Å². The molecule has 6 nitrogen and oxygen atoms in total. The second kappa shape index (κ2) is 8.20. The molecule has 2 unspecified atom stereocenters. The third-order valence-electron chi connectivity index (χ3n) is 8.49. The third-order valence-corrected chi connectivity index (χ3v) is 8.49. The molecule has 6 heteroatoms. The first-order valence-corrected chi connectivity index (χ1v) is 12.9. The fourth-order valence-electron chi connectivity index (χ4n) is 6.83. The van der Waals surface area contributed by atoms with E-state index >= 15 is 0 Å². The van der Waals surface area contributed by atoms with Crippen LogP contribution >= 0.6 is 0 Å². The van der Waals surface area contributed by atoms with Crippen molar-refractivity contribution in [1.82, 2.24) is 14.3 Å². The van der Waals surface area contributed by atoms with Gasteiger partial charge in [-0.3, -0.25) is 0 Å². The van der Waals surface area contributed by atoms with Crippen LogP contribution in [-0.4, -0.2) is 44.2 Å². The van der Waals surface area contributed by atoms with Gasteiger partial charge in [-0.1, -0.05) is 48.5 Å². The average molecular weight is 480 g/mol. The normalized spacial score (nSPS) is 25.0. The molecule has 2 aromatic heterocycles. The standard InChI is InChI=1S/C30H29N3O3/c34-29(36-19-27-25-10-3-1-8-23(25)24-9-2-4-11-26(24)27)33-21-6-5-7-22(33)18-30(35,17-21)20-12-14-32-15-13-31-28(32)16-20/h1-4,8-16,21-22,27,35H,5-7,17-19H2. The highest BCUT2D eigenvalue weighted by atomic mass is 16.6. The summed E-state index contributed by atoms with van der Waals surface area (Å²) in [5.74, 6) is 0.0455. The predicted octanol–water partition coefficient (Wildman–Crippen LogP) is 5.49. The molecule has 2 fully saturated rings. The van der Waals surface area contributed by atoms with Crippen molar-refractivity contribution in [3.8, 4) is 11.1 Å². The summed E-state index contributed by atoms with van der Waals surface area (Å²) in [5.41, 5.74) is 5.62. The summed E-state index contributed by atoms with van der Waals surface area (Å²) in [6.45, 7) is 0.323. The largest absolute Gasteiger partial charge is 0.448 e. The minimum Gasteiger partial charge on any atom is -0.448 e. The second-order valence-corrected chi connectivity index (χ2v) is 10.5. The summed E-state index contributed by atoms with van der Waals surface area (Å²) < 4.78 is 7.97. The van der Waals surface area contributed by atoms with Crippen molar-refractivity contribution in [3.05, 3.63) is 95.9 Å². The summed E-state index contributed by atoms with van der Waals surface area (Å²) in [6, 6.07) is 20.7. The van der Waals surface area contributed by atoms with Gasteiger partial charge >= 0.3 is 6.09 Å². The molecule has 1 aliphatic carbocycles. The van der Waals surface area contributed by atoms with E-state index in [0.717, 1.165) is 30.5 Å². The summed E-state index contributed by atoms with van der Waals surface area (Å²) in [6.07, 6.45) is 9.23. The summed E-state index contributed by atoms with van der Waals surface area (Å²) in [4.78, 5) is 19.8. The van der Waals surface area contributed by atoms with Crippen molar-refractivity contribution in [2.24, 2.45) is 0 Å². The lowest BCUT2D eigenvalue weighted by atomic mass is 9.73. The number of nitrogens with zero attached hydrogens (tertiary/aromatic N) is 3. The predicted molar refractivity (Wildman–Crippen MR) is 137 cm³/mol. The molecule has 1 N–H and O–H groups in total. The van der Waals surface area contributed by atoms with Gasteiger partial charge in [0.05, 0.1) is 5.60 Å². The lowest BCUT2D eigenvalue weighted by Crippen LogP contribution is -2.59. The lowest BCUT2D eigenvalue weighted by Gasteiger charge is -2.51. The van der Waals surface area contributed by atoms with E-state index in [9.17, 15) is 9.90 Å². The molecular weight excluding hydrogens is 450 g/mol. The van der Waals surface area contributed by atoms with E-state index in [1.807, 2.05) is 33.8 Å². The summed E-state index contributed by atoms with van der Waals surface area (Å²) >= 11 is 0. The van der Waals surface area contributed by atoms with Crippen LogP contribution in [0.1, 0.15) is 54.7 Å². The number of pyridine rings is 1. The Labute approximate surface area is 210 Å². The number of hydrogen-bond acceptors (Lipinski definition) is 4. The monoisotopic (exact) mass is 479 g/mol. The molecule has 2 aliphatic heterocycles. The van der Waals surface area contributed by atoms with E-state index < -0.39 is 5.60 Å². The van der Waals surface area contributed by atoms with Gasteiger partial charge in [-0.05, 0) is 59.2 Å². The Bertz CT molecular complexity index is 1400. The Kier molecular flexibility index (Phi) is 4.93. The number of amides is 1. The lowest BCUT2D eigenvalue weighted by molar-refractivity contribution is -0.0890. The van der Waals surface area contributed by atoms with Gasteiger partial charge in [-0.15, -0.1) is 0 Å². The van der Waals surface area contributed by atoms with Crippen LogP contribution in [0.25, 0.3) is 16.8 Å². The molecule has 7 rings (SSSR count). The molecule has 3 aliphatic rings. The first-order chi connectivity index (χ1) is 17.6. The Hall–Kier alpha value is -3.64. The molecule has 2 saturated heterocycles. The highest BCUT2D eigenvalue weighted by Crippen LogP contribution is 2.46. The van der Waals surface area contributed by atoms with Gasteiger partial charge in [0, 0.05) is 49.4 Å². The zero-order valence-corrected chi connectivity index (χ0v) is 20.1. The van der Waals surface area contributed by atoms with Crippen LogP contribution < -0.4 is 0 Å². The van der Waals surface area contributed by atoms with Crippen LogP contribution in [0.2, 0.25) is 0 Å². The highest BCUT2D eigenvalue weighted by Gasteiger charge is 2.49. The topological polar surface area (TPSA) is 67.1 Å². The molecule has 2 aromatic carbocycles. The Morgan fingerprint density at radius 2 is 1.64 bits per heavy atom. The zero-order valence-electron chi connectivity index (χ0n) is 20.1. The van der Waals surface area contributed by atoms with Gasteiger partial charge < -0.3 is 19.1 Å². The first kappa shape index (κ1) is 21.6. The molecule has 4 heterocycles. The Balaban J connectivity index is 1.11. The minimum absolute atomic E-state index is 0.0332. The number of rotatable bonds is 3. The smallest absolute Gasteiger partial charge is 0.410 e. The van der Waals surface area contributed by atoms with Crippen LogP contribution in [0.3, 0.4) is 0 Å². The van der Waals surface area contributed by atoms with E-state index in [1.54, 1.807) is 6.20 Å². The number of benzene rings is 2. The number of aromatic nitrogens is 2. The van der Waals surface area contributed by atoms with Crippen LogP contribution in [0.5, 0.6) is 0 Å². The Morgan fingerprint density at radius 1 is 0.972 bits per heavy atom. The van der Waals surface area contributed by atoms with E-state index in [4.69, 9.17) is 4.74 Å². The van der Waals surface area contributed by atoms with Gasteiger partial charge in [0.1, 0.15) is 12.3 Å². The average Bonchev–Trinajstić information content (AvgIpc) is 3.49. The maximum atomic E-state index is 13.5. The molecular formula is C30H29N3O3. The van der Waals surface area contributed by atoms with Crippen molar-refractivity contribution >= 4 is 11.7 Å². The number of imidazole rings is 1. The van der Waals surface area contributed by atoms with Crippen molar-refractivity contribution in [2.45, 2.75) is 55.7 Å². The van der Waals surface area contributed by atoms with E-state index in [2.05, 4.69) is 53.5 Å². The van der Waals surface area contributed by atoms with Gasteiger partial charge in [0.2, 0.25) is 0 Å². The molecule has 36 heavy (non-hydrogen) atoms. The van der Waals surface area contributed by atoms with E-state index in [0.29, 0.717) is 19.4 Å². The minimum atomic E-state index is -0.969. The van der Waals surface area contributed by atoms with Crippen LogP contribution in [0, 0.1) is 0 Å². The third kappa shape index (κ3) is 3.35. The van der Waals surface area contributed by atoms with Crippen LogP contribution in [0.15, 0.2) is 79.3 Å². The number of piperidine rings is 2. The van der Waals surface area contributed by atoms with Gasteiger partial charge in [-0.25, -0.2) is 9.78 Å². The summed E-state index contributed by atoms with van der Waals surface area (Å²) in [7, 11) is 0. The number of carbonyl (C=O) groups is 1. The van der Waals surface area contributed by atoms with Crippen molar-refractivity contribution in [1.29, 1.82) is 0 Å². The molecule has 0 saturated carbocycles.